The van der Waals surface area contributed by atoms with E-state index in [9.17, 15) is 9.59 Å². The van der Waals surface area contributed by atoms with Crippen LogP contribution in [0.4, 0.5) is 0 Å². The summed E-state index contributed by atoms with van der Waals surface area (Å²) in [7, 11) is 0. The molecule has 0 unspecified atom stereocenters. The number of nitrogens with zero attached hydrogens (tertiary/aromatic N) is 3. The highest BCUT2D eigenvalue weighted by Crippen LogP contribution is 2.35. The van der Waals surface area contributed by atoms with Gasteiger partial charge in [0.05, 0.1) is 32.2 Å². The highest BCUT2D eigenvalue weighted by atomic mass is 79.9. The Morgan fingerprint density at radius 2 is 1.80 bits per heavy atom. The first kappa shape index (κ1) is 26.5. The first-order valence-corrected chi connectivity index (χ1v) is 13.5. The lowest BCUT2D eigenvalue weighted by Gasteiger charge is -2.11. The SMILES string of the molecule is O=C(O)c1ccc(COc2c(Cl)cc(C=Nn3c(-c4cc5ccccc5o4)nc4ccccc4c3=O)cc2Br)cc1. The van der Waals surface area contributed by atoms with Gasteiger partial charge in [-0.2, -0.15) is 9.78 Å². The fraction of sp³-hybridized carbons (Fsp3) is 0.0323. The number of fused-ring (bicyclic) bond motifs is 2. The normalized spacial score (nSPS) is 11.5. The van der Waals surface area contributed by atoms with Crippen LogP contribution in [0, 0.1) is 0 Å². The topological polar surface area (TPSA) is 107 Å². The molecule has 0 bridgehead atoms. The van der Waals surface area contributed by atoms with Crippen LogP contribution in [0.5, 0.6) is 5.75 Å². The van der Waals surface area contributed by atoms with Crippen molar-refractivity contribution in [2.45, 2.75) is 6.61 Å². The number of halogens is 2. The number of ether oxygens (including phenoxy) is 1. The third kappa shape index (κ3) is 5.37. The number of hydrogen-bond donors (Lipinski definition) is 1. The monoisotopic (exact) mass is 627 g/mol. The number of carboxylic acid groups (broad SMARTS) is 1. The minimum atomic E-state index is -0.994. The van der Waals surface area contributed by atoms with Gasteiger partial charge in [-0.1, -0.05) is 54.1 Å². The maximum Gasteiger partial charge on any atom is 0.335 e. The number of carboxylic acids is 1. The van der Waals surface area contributed by atoms with Gasteiger partial charge in [-0.15, -0.1) is 0 Å². The molecule has 2 aromatic heterocycles. The van der Waals surface area contributed by atoms with Gasteiger partial charge in [-0.05, 0) is 75.6 Å². The van der Waals surface area contributed by atoms with E-state index in [0.717, 1.165) is 10.9 Å². The summed E-state index contributed by atoms with van der Waals surface area (Å²) >= 11 is 10.0. The van der Waals surface area contributed by atoms with Crippen LogP contribution in [-0.2, 0) is 6.61 Å². The molecule has 2 heterocycles. The second-order valence-electron chi connectivity index (χ2n) is 9.07. The Bertz CT molecular complexity index is 1980. The van der Waals surface area contributed by atoms with Crippen molar-refractivity contribution in [1.82, 2.24) is 9.66 Å². The first-order chi connectivity index (χ1) is 19.9. The van der Waals surface area contributed by atoms with E-state index >= 15 is 0 Å². The molecule has 0 aliphatic carbocycles. The first-order valence-electron chi connectivity index (χ1n) is 12.4. The Morgan fingerprint density at radius 1 is 1.05 bits per heavy atom. The van der Waals surface area contributed by atoms with E-state index in [1.807, 2.05) is 36.4 Å². The summed E-state index contributed by atoms with van der Waals surface area (Å²) in [6.45, 7) is 0.185. The molecule has 41 heavy (non-hydrogen) atoms. The zero-order valence-corrected chi connectivity index (χ0v) is 23.5. The van der Waals surface area contributed by atoms with Crippen molar-refractivity contribution in [1.29, 1.82) is 0 Å². The van der Waals surface area contributed by atoms with E-state index in [1.54, 1.807) is 42.5 Å². The summed E-state index contributed by atoms with van der Waals surface area (Å²) in [5.74, 6) is 0.0938. The van der Waals surface area contributed by atoms with Gasteiger partial charge in [0.2, 0.25) is 5.82 Å². The molecule has 0 saturated heterocycles. The number of furan rings is 1. The zero-order valence-electron chi connectivity index (χ0n) is 21.1. The van der Waals surface area contributed by atoms with Crippen LogP contribution in [0.1, 0.15) is 21.5 Å². The third-order valence-corrected chi connectivity index (χ3v) is 7.20. The average molecular weight is 629 g/mol. The average Bonchev–Trinajstić information content (AvgIpc) is 3.41. The van der Waals surface area contributed by atoms with Crippen molar-refractivity contribution in [2.75, 3.05) is 0 Å². The largest absolute Gasteiger partial charge is 0.486 e. The highest BCUT2D eigenvalue weighted by molar-refractivity contribution is 9.10. The number of benzene rings is 4. The minimum Gasteiger partial charge on any atom is -0.486 e. The van der Waals surface area contributed by atoms with E-state index in [-0.39, 0.29) is 23.6 Å². The number of para-hydroxylation sites is 2. The van der Waals surface area contributed by atoms with Crippen LogP contribution in [0.25, 0.3) is 33.5 Å². The molecule has 202 valence electrons. The molecule has 6 aromatic rings. The van der Waals surface area contributed by atoms with E-state index in [4.69, 9.17) is 30.8 Å². The molecule has 8 nitrogen and oxygen atoms in total. The van der Waals surface area contributed by atoms with Gasteiger partial charge in [0, 0.05) is 5.39 Å². The van der Waals surface area contributed by atoms with Gasteiger partial charge in [0.1, 0.15) is 12.2 Å². The number of carbonyl (C=O) groups is 1. The number of aromatic carboxylic acids is 1. The van der Waals surface area contributed by atoms with Gasteiger partial charge in [-0.3, -0.25) is 4.79 Å². The van der Waals surface area contributed by atoms with Crippen molar-refractivity contribution >= 4 is 61.6 Å². The smallest absolute Gasteiger partial charge is 0.335 e. The molecule has 0 spiro atoms. The van der Waals surface area contributed by atoms with Crippen molar-refractivity contribution < 1.29 is 19.1 Å². The van der Waals surface area contributed by atoms with Gasteiger partial charge < -0.3 is 14.3 Å². The molecule has 0 atom stereocenters. The Morgan fingerprint density at radius 3 is 2.56 bits per heavy atom. The van der Waals surface area contributed by atoms with Crippen LogP contribution in [-0.4, -0.2) is 27.0 Å². The fourth-order valence-corrected chi connectivity index (χ4v) is 5.29. The molecule has 0 fully saturated rings. The van der Waals surface area contributed by atoms with Crippen LogP contribution < -0.4 is 10.3 Å². The lowest BCUT2D eigenvalue weighted by atomic mass is 10.1. The number of rotatable bonds is 7. The maximum atomic E-state index is 13.5. The van der Waals surface area contributed by atoms with E-state index < -0.39 is 5.97 Å². The van der Waals surface area contributed by atoms with Gasteiger partial charge in [0.15, 0.2) is 11.5 Å². The second kappa shape index (κ2) is 11.0. The molecule has 0 radical (unpaired) electrons. The molecule has 0 aliphatic heterocycles. The Kier molecular flexibility index (Phi) is 7.13. The van der Waals surface area contributed by atoms with Crippen molar-refractivity contribution in [3.63, 3.8) is 0 Å². The maximum absolute atomic E-state index is 13.5. The molecule has 0 saturated carbocycles. The van der Waals surface area contributed by atoms with Gasteiger partial charge in [-0.25, -0.2) is 9.78 Å². The van der Waals surface area contributed by atoms with E-state index in [0.29, 0.717) is 43.1 Å². The molecule has 1 N–H and O–H groups in total. The molecule has 0 amide bonds. The molecule has 4 aromatic carbocycles. The molecule has 0 aliphatic rings. The third-order valence-electron chi connectivity index (χ3n) is 6.33. The quantitative estimate of drug-likeness (QED) is 0.185. The van der Waals surface area contributed by atoms with E-state index in [2.05, 4.69) is 21.0 Å². The Balaban J connectivity index is 1.33. The van der Waals surface area contributed by atoms with Crippen LogP contribution in [0.3, 0.4) is 0 Å². The summed E-state index contributed by atoms with van der Waals surface area (Å²) in [6, 6.07) is 26.3. The van der Waals surface area contributed by atoms with Crippen molar-refractivity contribution in [2.24, 2.45) is 5.10 Å². The molecule has 6 rings (SSSR count). The summed E-state index contributed by atoms with van der Waals surface area (Å²) in [6.07, 6.45) is 1.51. The lowest BCUT2D eigenvalue weighted by molar-refractivity contribution is 0.0697. The van der Waals surface area contributed by atoms with Gasteiger partial charge >= 0.3 is 5.97 Å². The number of hydrogen-bond acceptors (Lipinski definition) is 6. The summed E-state index contributed by atoms with van der Waals surface area (Å²) < 4.78 is 13.7. The summed E-state index contributed by atoms with van der Waals surface area (Å²) in [5, 5.41) is 15.2. The zero-order chi connectivity index (χ0) is 28.5. The predicted octanol–water partition coefficient (Wildman–Crippen LogP) is 7.39. The molecule has 10 heteroatoms. The number of aromatic nitrogens is 2. The minimum absolute atomic E-state index is 0.185. The highest BCUT2D eigenvalue weighted by Gasteiger charge is 2.17. The van der Waals surface area contributed by atoms with E-state index in [1.165, 1.54) is 23.0 Å². The van der Waals surface area contributed by atoms with Crippen molar-refractivity contribution in [3.8, 4) is 17.3 Å². The van der Waals surface area contributed by atoms with Gasteiger partial charge in [0.25, 0.3) is 5.56 Å². The van der Waals surface area contributed by atoms with Crippen LogP contribution in [0.2, 0.25) is 5.02 Å². The van der Waals surface area contributed by atoms with Crippen molar-refractivity contribution in [3.05, 3.63) is 128 Å². The summed E-state index contributed by atoms with van der Waals surface area (Å²) in [5.41, 5.74) is 2.44. The Labute approximate surface area is 246 Å². The fourth-order valence-electron chi connectivity index (χ4n) is 4.30. The van der Waals surface area contributed by atoms with Crippen LogP contribution >= 0.6 is 27.5 Å². The standard InChI is InChI=1S/C31H19BrClN3O5/c32-23-13-19(14-24(33)28(23)40-17-18-9-11-20(12-10-18)31(38)39)16-34-36-29(27-15-21-5-1-4-8-26(21)41-27)35-25-7-3-2-6-22(25)30(36)37/h1-16H,17H2,(H,38,39). The molecular formula is C31H19BrClN3O5. The predicted molar refractivity (Wildman–Crippen MR) is 161 cm³/mol. The molecular weight excluding hydrogens is 610 g/mol. The Hall–Kier alpha value is -4.73. The second-order valence-corrected chi connectivity index (χ2v) is 10.3. The lowest BCUT2D eigenvalue weighted by Crippen LogP contribution is -2.20. The van der Waals surface area contributed by atoms with Crippen LogP contribution in [0.15, 0.2) is 110 Å². The summed E-state index contributed by atoms with van der Waals surface area (Å²) in [4.78, 5) is 29.3.